The summed E-state index contributed by atoms with van der Waals surface area (Å²) in [6.45, 7) is 0. The Bertz CT molecular complexity index is 656. The molecule has 2 aromatic carbocycles. The summed E-state index contributed by atoms with van der Waals surface area (Å²) in [5.41, 5.74) is 2.17. The molecule has 2 amide bonds. The van der Waals surface area contributed by atoms with Crippen molar-refractivity contribution in [1.82, 2.24) is 5.32 Å². The molecule has 3 rings (SSSR count). The molecule has 1 aliphatic heterocycles. The van der Waals surface area contributed by atoms with Gasteiger partial charge >= 0.3 is 0 Å². The van der Waals surface area contributed by atoms with Crippen molar-refractivity contribution >= 4 is 22.9 Å². The topological polar surface area (TPSA) is 46.2 Å². The molecule has 0 aromatic heterocycles. The molecule has 104 valence electrons. The minimum absolute atomic E-state index is 0.0495. The molecule has 0 atom stereocenters. The van der Waals surface area contributed by atoms with E-state index in [0.29, 0.717) is 4.91 Å². The Labute approximate surface area is 127 Å². The predicted molar refractivity (Wildman–Crippen MR) is 83.9 cm³/mol. The van der Waals surface area contributed by atoms with E-state index in [-0.39, 0.29) is 17.1 Å². The lowest BCUT2D eigenvalue weighted by Crippen LogP contribution is -2.18. The van der Waals surface area contributed by atoms with Gasteiger partial charge in [0.15, 0.2) is 0 Å². The fourth-order valence-electron chi connectivity index (χ4n) is 2.29. The lowest BCUT2D eigenvalue weighted by atomic mass is 9.91. The highest BCUT2D eigenvalue weighted by atomic mass is 32.2. The molecule has 0 spiro atoms. The summed E-state index contributed by atoms with van der Waals surface area (Å²) in [6, 6.07) is 19.9. The first-order valence-corrected chi connectivity index (χ1v) is 7.40. The molecule has 1 fully saturated rings. The van der Waals surface area contributed by atoms with Crippen LogP contribution in [0.3, 0.4) is 0 Å². The van der Waals surface area contributed by atoms with E-state index >= 15 is 0 Å². The van der Waals surface area contributed by atoms with Gasteiger partial charge in [0.2, 0.25) is 0 Å². The van der Waals surface area contributed by atoms with Crippen molar-refractivity contribution in [2.75, 3.05) is 0 Å². The van der Waals surface area contributed by atoms with Crippen LogP contribution in [0.2, 0.25) is 0 Å². The Morgan fingerprint density at radius 1 is 0.857 bits per heavy atom. The van der Waals surface area contributed by atoms with Crippen LogP contribution in [0, 0.1) is 0 Å². The van der Waals surface area contributed by atoms with Gasteiger partial charge in [0, 0.05) is 5.92 Å². The van der Waals surface area contributed by atoms with Gasteiger partial charge in [-0.2, -0.15) is 0 Å². The van der Waals surface area contributed by atoms with Crippen molar-refractivity contribution < 1.29 is 9.59 Å². The largest absolute Gasteiger partial charge is 0.290 e. The van der Waals surface area contributed by atoms with E-state index in [0.717, 1.165) is 22.9 Å². The van der Waals surface area contributed by atoms with Crippen LogP contribution >= 0.6 is 11.8 Å². The first kappa shape index (κ1) is 13.6. The van der Waals surface area contributed by atoms with Crippen molar-refractivity contribution in [2.45, 2.75) is 5.92 Å². The van der Waals surface area contributed by atoms with Crippen molar-refractivity contribution in [3.8, 4) is 0 Å². The van der Waals surface area contributed by atoms with Crippen molar-refractivity contribution in [1.29, 1.82) is 0 Å². The molecular weight excluding hydrogens is 282 g/mol. The van der Waals surface area contributed by atoms with E-state index in [1.165, 1.54) is 0 Å². The van der Waals surface area contributed by atoms with Crippen molar-refractivity contribution in [2.24, 2.45) is 0 Å². The number of benzene rings is 2. The summed E-state index contributed by atoms with van der Waals surface area (Å²) in [4.78, 5) is 23.5. The molecule has 1 heterocycles. The third kappa shape index (κ3) is 3.06. The van der Waals surface area contributed by atoms with Crippen LogP contribution in [0.5, 0.6) is 0 Å². The lowest BCUT2D eigenvalue weighted by molar-refractivity contribution is -0.115. The van der Waals surface area contributed by atoms with E-state index in [4.69, 9.17) is 0 Å². The highest BCUT2D eigenvalue weighted by molar-refractivity contribution is 8.18. The third-order valence-electron chi connectivity index (χ3n) is 3.28. The van der Waals surface area contributed by atoms with Crippen LogP contribution in [0.15, 0.2) is 71.6 Å². The molecule has 21 heavy (non-hydrogen) atoms. The monoisotopic (exact) mass is 295 g/mol. The number of thioether (sulfide) groups is 1. The second-order valence-corrected chi connectivity index (χ2v) is 5.69. The molecule has 0 aliphatic carbocycles. The summed E-state index contributed by atoms with van der Waals surface area (Å²) in [5.74, 6) is -0.367. The maximum atomic E-state index is 11.8. The number of rotatable bonds is 3. The van der Waals surface area contributed by atoms with E-state index in [2.05, 4.69) is 5.32 Å². The average Bonchev–Trinajstić information content (AvgIpc) is 2.84. The average molecular weight is 295 g/mol. The molecule has 4 heteroatoms. The highest BCUT2D eigenvalue weighted by Crippen LogP contribution is 2.32. The zero-order valence-electron chi connectivity index (χ0n) is 11.2. The van der Waals surface area contributed by atoms with E-state index < -0.39 is 0 Å². The van der Waals surface area contributed by atoms with Gasteiger partial charge in [-0.15, -0.1) is 0 Å². The maximum Gasteiger partial charge on any atom is 0.290 e. The van der Waals surface area contributed by atoms with E-state index in [1.54, 1.807) is 0 Å². The summed E-state index contributed by atoms with van der Waals surface area (Å²) in [6.07, 6.45) is 1.86. The lowest BCUT2D eigenvalue weighted by Gasteiger charge is -2.14. The second-order valence-electron chi connectivity index (χ2n) is 4.67. The quantitative estimate of drug-likeness (QED) is 0.879. The summed E-state index contributed by atoms with van der Waals surface area (Å²) in [7, 11) is 0. The number of imide groups is 1. The van der Waals surface area contributed by atoms with E-state index in [1.807, 2.05) is 66.7 Å². The van der Waals surface area contributed by atoms with Gasteiger partial charge in [-0.25, -0.2) is 0 Å². The number of nitrogens with one attached hydrogen (secondary N) is 1. The molecule has 0 unspecified atom stereocenters. The molecule has 0 radical (unpaired) electrons. The first-order chi connectivity index (χ1) is 10.2. The van der Waals surface area contributed by atoms with Gasteiger partial charge in [-0.3, -0.25) is 14.9 Å². The molecule has 1 N–H and O–H groups in total. The Morgan fingerprint density at radius 3 is 1.81 bits per heavy atom. The van der Waals surface area contributed by atoms with E-state index in [9.17, 15) is 9.59 Å². The van der Waals surface area contributed by atoms with Crippen LogP contribution in [-0.4, -0.2) is 11.1 Å². The molecule has 3 nitrogen and oxygen atoms in total. The van der Waals surface area contributed by atoms with Crippen LogP contribution < -0.4 is 5.32 Å². The zero-order valence-corrected chi connectivity index (χ0v) is 12.0. The fraction of sp³-hybridized carbons (Fsp3) is 0.0588. The number of amides is 2. The molecule has 0 saturated carbocycles. The van der Waals surface area contributed by atoms with Crippen LogP contribution in [0.4, 0.5) is 4.79 Å². The Balaban J connectivity index is 2.04. The van der Waals surface area contributed by atoms with Gasteiger partial charge in [0.05, 0.1) is 4.91 Å². The van der Waals surface area contributed by atoms with Crippen LogP contribution in [0.25, 0.3) is 0 Å². The Hall–Kier alpha value is -2.33. The van der Waals surface area contributed by atoms with Gasteiger partial charge in [-0.05, 0) is 22.9 Å². The van der Waals surface area contributed by atoms with Gasteiger partial charge in [0.1, 0.15) is 0 Å². The van der Waals surface area contributed by atoms with Crippen LogP contribution in [-0.2, 0) is 4.79 Å². The third-order valence-corrected chi connectivity index (χ3v) is 4.11. The highest BCUT2D eigenvalue weighted by Gasteiger charge is 2.26. The van der Waals surface area contributed by atoms with Gasteiger partial charge in [0.25, 0.3) is 11.1 Å². The molecule has 1 aliphatic rings. The minimum atomic E-state index is -0.318. The number of carbonyl (C=O) groups is 2. The maximum absolute atomic E-state index is 11.8. The molecule has 0 bridgehead atoms. The van der Waals surface area contributed by atoms with Crippen LogP contribution in [0.1, 0.15) is 17.0 Å². The number of allylic oxidation sites excluding steroid dienone is 1. The van der Waals surface area contributed by atoms with Gasteiger partial charge in [-0.1, -0.05) is 66.7 Å². The fourth-order valence-corrected chi connectivity index (χ4v) is 2.98. The van der Waals surface area contributed by atoms with Crippen molar-refractivity contribution in [3.63, 3.8) is 0 Å². The summed E-state index contributed by atoms with van der Waals surface area (Å²) < 4.78 is 0. The number of hydrogen-bond acceptors (Lipinski definition) is 3. The Morgan fingerprint density at radius 2 is 1.38 bits per heavy atom. The van der Waals surface area contributed by atoms with Crippen molar-refractivity contribution in [3.05, 3.63) is 82.8 Å². The molecule has 2 aromatic rings. The minimum Gasteiger partial charge on any atom is -0.282 e. The molecular formula is C17H13NO2S. The first-order valence-electron chi connectivity index (χ1n) is 6.59. The zero-order chi connectivity index (χ0) is 14.7. The normalized spacial score (nSPS) is 16.5. The standard InChI is InChI=1S/C17H13NO2S/c19-16-15(21-17(20)18-16)11-14(12-7-3-1-4-8-12)13-9-5-2-6-10-13/h1-11,14H,(H,18,19,20)/b15-11-. The second kappa shape index (κ2) is 5.97. The smallest absolute Gasteiger partial charge is 0.282 e. The summed E-state index contributed by atoms with van der Waals surface area (Å²) >= 11 is 0.953. The number of hydrogen-bond donors (Lipinski definition) is 1. The SMILES string of the molecule is O=C1NC(=O)/C(=C/C(c2ccccc2)c2ccccc2)S1. The Kier molecular flexibility index (Phi) is 3.88. The molecule has 1 saturated heterocycles. The predicted octanol–water partition coefficient (Wildman–Crippen LogP) is 3.69. The van der Waals surface area contributed by atoms with Gasteiger partial charge < -0.3 is 0 Å². The number of carbonyl (C=O) groups excluding carboxylic acids is 2. The summed E-state index contributed by atoms with van der Waals surface area (Å²) in [5, 5.41) is 1.98.